The summed E-state index contributed by atoms with van der Waals surface area (Å²) in [6.07, 6.45) is 3.07. The van der Waals surface area contributed by atoms with E-state index in [2.05, 4.69) is 30.9 Å². The maximum Gasteiger partial charge on any atom is 0.407 e. The Morgan fingerprint density at radius 2 is 1.95 bits per heavy atom. The number of fused-ring (bicyclic) bond motifs is 1. The molecule has 0 bridgehead atoms. The molecule has 1 amide bonds. The molecule has 12 heteroatoms. The molecule has 3 heterocycles. The van der Waals surface area contributed by atoms with Crippen molar-refractivity contribution in [3.63, 3.8) is 0 Å². The second-order valence-corrected chi connectivity index (χ2v) is 9.88. The number of ether oxygens (including phenoxy) is 1. The van der Waals surface area contributed by atoms with Crippen LogP contribution in [-0.2, 0) is 4.74 Å². The van der Waals surface area contributed by atoms with Crippen molar-refractivity contribution in [3.05, 3.63) is 60.1 Å². The zero-order valence-electron chi connectivity index (χ0n) is 19.8. The number of rotatable bonds is 6. The number of hydrogen-bond donors (Lipinski definition) is 3. The van der Waals surface area contributed by atoms with Gasteiger partial charge in [0.15, 0.2) is 11.6 Å². The number of nitrogens with zero attached hydrogens (tertiary/aromatic N) is 4. The van der Waals surface area contributed by atoms with Crippen LogP contribution in [0.3, 0.4) is 0 Å². The fourth-order valence-corrected chi connectivity index (χ4v) is 4.67. The molecule has 1 aromatic carbocycles. The predicted molar refractivity (Wildman–Crippen MR) is 128 cm³/mol. The quantitative estimate of drug-likeness (QED) is 0.336. The standard InChI is InChI=1S/C25H24F3N7O2/c1-25(4-5-25)31-24(36)37-20-3-2-16(22(20)28)18-12-21(33-32-18)30-23-19-11-17(34-35(19)7-6-29-23)13-8-14(26)10-15(27)9-13/h6-12,16,20,22H,2-5H2,1H3,(H,31,36)(H2,29,30,32,33)/t16-,20-,22-/m1/s1. The first-order valence-corrected chi connectivity index (χ1v) is 12.0. The van der Waals surface area contributed by atoms with Crippen LogP contribution >= 0.6 is 0 Å². The van der Waals surface area contributed by atoms with E-state index in [1.165, 1.54) is 22.8 Å². The predicted octanol–water partition coefficient (Wildman–Crippen LogP) is 5.00. The van der Waals surface area contributed by atoms with Crippen LogP contribution in [0.25, 0.3) is 16.8 Å². The lowest BCUT2D eigenvalue weighted by molar-refractivity contribution is 0.0546. The van der Waals surface area contributed by atoms with E-state index in [1.54, 1.807) is 18.3 Å². The molecule has 4 aromatic rings. The highest BCUT2D eigenvalue weighted by atomic mass is 19.1. The number of carbonyl (C=O) groups excluding carboxylic acids is 1. The molecule has 0 spiro atoms. The van der Waals surface area contributed by atoms with Gasteiger partial charge in [0.25, 0.3) is 0 Å². The third-order valence-corrected chi connectivity index (χ3v) is 6.96. The Hall–Kier alpha value is -4.09. The molecule has 37 heavy (non-hydrogen) atoms. The highest BCUT2D eigenvalue weighted by Crippen LogP contribution is 2.39. The minimum atomic E-state index is -1.36. The van der Waals surface area contributed by atoms with Gasteiger partial charge in [0, 0.05) is 47.2 Å². The Morgan fingerprint density at radius 1 is 1.16 bits per heavy atom. The minimum absolute atomic E-state index is 0.231. The highest BCUT2D eigenvalue weighted by Gasteiger charge is 2.43. The van der Waals surface area contributed by atoms with Gasteiger partial charge >= 0.3 is 6.09 Å². The molecule has 3 atom stereocenters. The normalized spacial score (nSPS) is 22.2. The van der Waals surface area contributed by atoms with E-state index in [4.69, 9.17) is 4.74 Å². The number of anilines is 2. The van der Waals surface area contributed by atoms with Crippen molar-refractivity contribution in [3.8, 4) is 11.3 Å². The molecule has 0 aliphatic heterocycles. The summed E-state index contributed by atoms with van der Waals surface area (Å²) in [7, 11) is 0. The van der Waals surface area contributed by atoms with Gasteiger partial charge in [0.2, 0.25) is 0 Å². The maximum atomic E-state index is 15.2. The molecule has 2 aliphatic rings. The zero-order chi connectivity index (χ0) is 25.7. The van der Waals surface area contributed by atoms with Crippen LogP contribution in [-0.4, -0.2) is 48.7 Å². The van der Waals surface area contributed by atoms with Crippen molar-refractivity contribution in [1.82, 2.24) is 30.1 Å². The van der Waals surface area contributed by atoms with E-state index < -0.39 is 35.9 Å². The second-order valence-electron chi connectivity index (χ2n) is 9.88. The van der Waals surface area contributed by atoms with Crippen molar-refractivity contribution in [1.29, 1.82) is 0 Å². The summed E-state index contributed by atoms with van der Waals surface area (Å²) in [5, 5.41) is 17.4. The molecule has 2 saturated carbocycles. The Morgan fingerprint density at radius 3 is 2.70 bits per heavy atom. The van der Waals surface area contributed by atoms with Crippen LogP contribution in [0.2, 0.25) is 0 Å². The van der Waals surface area contributed by atoms with Gasteiger partial charge in [-0.05, 0) is 50.8 Å². The number of alkyl carbamates (subject to hydrolysis) is 1. The minimum Gasteiger partial charge on any atom is -0.443 e. The Labute approximate surface area is 209 Å². The summed E-state index contributed by atoms with van der Waals surface area (Å²) in [5.41, 5.74) is 1.56. The Bertz CT molecular complexity index is 1460. The molecule has 3 N–H and O–H groups in total. The largest absolute Gasteiger partial charge is 0.443 e. The number of amides is 1. The second kappa shape index (κ2) is 8.79. The Kier molecular flexibility index (Phi) is 5.54. The molecule has 0 radical (unpaired) electrons. The van der Waals surface area contributed by atoms with E-state index in [-0.39, 0.29) is 5.54 Å². The number of benzene rings is 1. The molecular weight excluding hydrogens is 487 g/mol. The zero-order valence-corrected chi connectivity index (χ0v) is 19.8. The summed E-state index contributed by atoms with van der Waals surface area (Å²) in [6, 6.07) is 6.54. The maximum absolute atomic E-state index is 15.2. The van der Waals surface area contributed by atoms with Crippen molar-refractivity contribution < 1.29 is 22.7 Å². The first kappa shape index (κ1) is 23.3. The molecule has 192 valence electrons. The van der Waals surface area contributed by atoms with Crippen molar-refractivity contribution in [2.75, 3.05) is 5.32 Å². The average Bonchev–Trinajstić information content (AvgIpc) is 3.21. The number of alkyl halides is 1. The van der Waals surface area contributed by atoms with Gasteiger partial charge in [-0.25, -0.2) is 27.5 Å². The number of aromatic amines is 1. The van der Waals surface area contributed by atoms with Crippen LogP contribution in [0.5, 0.6) is 0 Å². The van der Waals surface area contributed by atoms with E-state index in [9.17, 15) is 13.6 Å². The van der Waals surface area contributed by atoms with Gasteiger partial charge in [-0.2, -0.15) is 10.2 Å². The fraction of sp³-hybridized carbons (Fsp3) is 0.360. The van der Waals surface area contributed by atoms with Crippen LogP contribution in [0.4, 0.5) is 29.6 Å². The summed E-state index contributed by atoms with van der Waals surface area (Å²) in [6.45, 7) is 1.93. The lowest BCUT2D eigenvalue weighted by atomic mass is 10.0. The molecule has 2 fully saturated rings. The summed E-state index contributed by atoms with van der Waals surface area (Å²) >= 11 is 0. The molecule has 9 nitrogen and oxygen atoms in total. The average molecular weight is 512 g/mol. The van der Waals surface area contributed by atoms with Crippen LogP contribution in [0.1, 0.15) is 44.2 Å². The summed E-state index contributed by atoms with van der Waals surface area (Å²) < 4.78 is 49.4. The van der Waals surface area contributed by atoms with Crippen LogP contribution < -0.4 is 10.6 Å². The third kappa shape index (κ3) is 4.70. The SMILES string of the molecule is CC1(NC(=O)O[C@@H]2CC[C@H](c3cc(Nc4nccn5nc(-c6cc(F)cc(F)c6)cc45)n[nH]3)[C@H]2F)CC1. The number of halogens is 3. The first-order chi connectivity index (χ1) is 17.8. The summed E-state index contributed by atoms with van der Waals surface area (Å²) in [5.74, 6) is -1.07. The third-order valence-electron chi connectivity index (χ3n) is 6.96. The van der Waals surface area contributed by atoms with E-state index in [0.717, 1.165) is 18.9 Å². The van der Waals surface area contributed by atoms with E-state index in [0.29, 0.717) is 46.9 Å². The van der Waals surface area contributed by atoms with Crippen molar-refractivity contribution >= 4 is 23.2 Å². The van der Waals surface area contributed by atoms with Gasteiger partial charge in [-0.15, -0.1) is 0 Å². The topological polar surface area (TPSA) is 109 Å². The lowest BCUT2D eigenvalue weighted by Crippen LogP contribution is -2.38. The number of carbonyl (C=O) groups is 1. The molecule has 0 saturated heterocycles. The monoisotopic (exact) mass is 511 g/mol. The Balaban J connectivity index is 1.17. The van der Waals surface area contributed by atoms with Gasteiger partial charge < -0.3 is 15.4 Å². The molecule has 3 aromatic heterocycles. The molecule has 6 rings (SSSR count). The number of hydrogen-bond acceptors (Lipinski definition) is 6. The van der Waals surface area contributed by atoms with Crippen LogP contribution in [0.15, 0.2) is 42.7 Å². The van der Waals surface area contributed by atoms with Crippen molar-refractivity contribution in [2.45, 2.75) is 56.3 Å². The van der Waals surface area contributed by atoms with E-state index >= 15 is 4.39 Å². The number of H-pyrrole nitrogens is 1. The van der Waals surface area contributed by atoms with Crippen LogP contribution in [0, 0.1) is 11.6 Å². The van der Waals surface area contributed by atoms with E-state index in [1.807, 2.05) is 6.92 Å². The van der Waals surface area contributed by atoms with Gasteiger partial charge in [-0.1, -0.05) is 0 Å². The smallest absolute Gasteiger partial charge is 0.407 e. The highest BCUT2D eigenvalue weighted by molar-refractivity contribution is 5.77. The van der Waals surface area contributed by atoms with Gasteiger partial charge in [-0.3, -0.25) is 5.10 Å². The molecular formula is C25H24F3N7O2. The fourth-order valence-electron chi connectivity index (χ4n) is 4.67. The summed E-state index contributed by atoms with van der Waals surface area (Å²) in [4.78, 5) is 16.4. The van der Waals surface area contributed by atoms with Gasteiger partial charge in [0.1, 0.15) is 29.4 Å². The number of nitrogens with one attached hydrogen (secondary N) is 3. The van der Waals surface area contributed by atoms with Gasteiger partial charge in [0.05, 0.1) is 5.69 Å². The molecule has 2 aliphatic carbocycles. The first-order valence-electron chi connectivity index (χ1n) is 12.0. The lowest BCUT2D eigenvalue weighted by Gasteiger charge is -2.19. The van der Waals surface area contributed by atoms with Crippen molar-refractivity contribution in [2.24, 2.45) is 0 Å². The molecule has 0 unspecified atom stereocenters. The number of aromatic nitrogens is 5.